The number of fused-ring (bicyclic) bond motifs is 7. The highest BCUT2D eigenvalue weighted by Crippen LogP contribution is 2.39. The zero-order valence-corrected chi connectivity index (χ0v) is 32.2. The van der Waals surface area contributed by atoms with Gasteiger partial charge in [0, 0.05) is 56.2 Å². The summed E-state index contributed by atoms with van der Waals surface area (Å²) in [6, 6.07) is 65.7. The molecule has 280 valence electrons. The molecule has 0 atom stereocenters. The Kier molecular flexibility index (Phi) is 7.78. The van der Waals surface area contributed by atoms with Crippen LogP contribution in [-0.4, -0.2) is 15.0 Å². The van der Waals surface area contributed by atoms with Crippen LogP contribution < -0.4 is 0 Å². The van der Waals surface area contributed by atoms with Gasteiger partial charge in [0.05, 0.1) is 11.4 Å². The van der Waals surface area contributed by atoms with E-state index in [2.05, 4.69) is 163 Å². The van der Waals surface area contributed by atoms with Crippen LogP contribution in [0.2, 0.25) is 0 Å². The highest BCUT2D eigenvalue weighted by Gasteiger charge is 2.17. The molecule has 0 aliphatic rings. The van der Waals surface area contributed by atoms with Gasteiger partial charge in [0.15, 0.2) is 5.82 Å². The normalized spacial score (nSPS) is 11.7. The molecular formula is C55H33N3O2. The average molecular weight is 768 g/mol. The monoisotopic (exact) mass is 767 g/mol. The van der Waals surface area contributed by atoms with Crippen LogP contribution in [0.4, 0.5) is 0 Å². The number of hydrogen-bond acceptors (Lipinski definition) is 5. The van der Waals surface area contributed by atoms with Gasteiger partial charge in [-0.05, 0) is 117 Å². The van der Waals surface area contributed by atoms with Gasteiger partial charge < -0.3 is 8.83 Å². The number of furan rings is 2. The number of rotatable bonds is 6. The maximum atomic E-state index is 6.24. The van der Waals surface area contributed by atoms with E-state index in [1.807, 2.05) is 36.5 Å². The Hall–Kier alpha value is -8.15. The van der Waals surface area contributed by atoms with Crippen LogP contribution in [0, 0.1) is 0 Å². The second-order valence-electron chi connectivity index (χ2n) is 15.3. The van der Waals surface area contributed by atoms with Crippen LogP contribution >= 0.6 is 0 Å². The van der Waals surface area contributed by atoms with E-state index in [4.69, 9.17) is 18.8 Å². The average Bonchev–Trinajstić information content (AvgIpc) is 3.89. The summed E-state index contributed by atoms with van der Waals surface area (Å²) in [6.45, 7) is 0. The molecule has 0 amide bonds. The van der Waals surface area contributed by atoms with Gasteiger partial charge in [-0.1, -0.05) is 109 Å². The summed E-state index contributed by atoms with van der Waals surface area (Å²) in [7, 11) is 0. The Morgan fingerprint density at radius 2 is 0.833 bits per heavy atom. The molecule has 0 N–H and O–H groups in total. The molecule has 0 fully saturated rings. The van der Waals surface area contributed by atoms with Crippen LogP contribution in [0.3, 0.4) is 0 Å². The van der Waals surface area contributed by atoms with E-state index in [1.54, 1.807) is 6.20 Å². The summed E-state index contributed by atoms with van der Waals surface area (Å²) in [5, 5.41) is 6.66. The molecule has 12 aromatic rings. The Morgan fingerprint density at radius 3 is 1.52 bits per heavy atom. The number of hydrogen-bond donors (Lipinski definition) is 0. The third kappa shape index (κ3) is 5.91. The van der Waals surface area contributed by atoms with Gasteiger partial charge in [0.2, 0.25) is 0 Å². The molecule has 0 bridgehead atoms. The minimum absolute atomic E-state index is 0.657. The summed E-state index contributed by atoms with van der Waals surface area (Å²) in [5.41, 5.74) is 14.5. The molecule has 0 saturated heterocycles. The first kappa shape index (κ1) is 33.9. The topological polar surface area (TPSA) is 65.0 Å². The van der Waals surface area contributed by atoms with Crippen molar-refractivity contribution in [3.63, 3.8) is 0 Å². The maximum absolute atomic E-state index is 6.24. The van der Waals surface area contributed by atoms with E-state index in [1.165, 1.54) is 5.39 Å². The predicted molar refractivity (Wildman–Crippen MR) is 245 cm³/mol. The van der Waals surface area contributed by atoms with E-state index in [-0.39, 0.29) is 0 Å². The van der Waals surface area contributed by atoms with E-state index in [0.29, 0.717) is 5.82 Å². The quantitative estimate of drug-likeness (QED) is 0.169. The van der Waals surface area contributed by atoms with Crippen LogP contribution in [0.1, 0.15) is 0 Å². The van der Waals surface area contributed by atoms with E-state index >= 15 is 0 Å². The molecule has 60 heavy (non-hydrogen) atoms. The number of aromatic nitrogens is 3. The van der Waals surface area contributed by atoms with Crippen molar-refractivity contribution >= 4 is 54.6 Å². The molecular weight excluding hydrogens is 735 g/mol. The SMILES string of the molecule is c1cncc(-c2cccc(-c3cc(-c4cc(-c5ccc6oc7ccccc7c6c5)cc(-c5ccc6oc7ccccc7c6c5)c4)nc(-c4ccc5ccccc5c4)n3)c2)c1. The van der Waals surface area contributed by atoms with Crippen molar-refractivity contribution in [1.29, 1.82) is 0 Å². The van der Waals surface area contributed by atoms with E-state index < -0.39 is 0 Å². The van der Waals surface area contributed by atoms with Gasteiger partial charge in [0.1, 0.15) is 22.3 Å². The van der Waals surface area contributed by atoms with Gasteiger partial charge in [-0.2, -0.15) is 0 Å². The summed E-state index contributed by atoms with van der Waals surface area (Å²) in [6.07, 6.45) is 3.69. The zero-order valence-electron chi connectivity index (χ0n) is 32.2. The molecule has 4 aromatic heterocycles. The molecule has 4 heterocycles. The Morgan fingerprint density at radius 1 is 0.300 bits per heavy atom. The molecule has 0 radical (unpaired) electrons. The van der Waals surface area contributed by atoms with Gasteiger partial charge in [-0.15, -0.1) is 0 Å². The summed E-state index contributed by atoms with van der Waals surface area (Å²) < 4.78 is 12.5. The summed E-state index contributed by atoms with van der Waals surface area (Å²) in [4.78, 5) is 15.0. The molecule has 0 unspecified atom stereocenters. The first-order chi connectivity index (χ1) is 29.7. The molecule has 5 nitrogen and oxygen atoms in total. The molecule has 0 saturated carbocycles. The van der Waals surface area contributed by atoms with Crippen molar-refractivity contribution in [2.45, 2.75) is 0 Å². The molecule has 12 rings (SSSR count). The maximum Gasteiger partial charge on any atom is 0.160 e. The fraction of sp³-hybridized carbons (Fsp3) is 0. The first-order valence-electron chi connectivity index (χ1n) is 20.0. The lowest BCUT2D eigenvalue weighted by molar-refractivity contribution is 0.668. The van der Waals surface area contributed by atoms with Gasteiger partial charge >= 0.3 is 0 Å². The molecule has 5 heteroatoms. The predicted octanol–water partition coefficient (Wildman–Crippen LogP) is 14.8. The fourth-order valence-electron chi connectivity index (χ4n) is 8.51. The highest BCUT2D eigenvalue weighted by atomic mass is 16.3. The van der Waals surface area contributed by atoms with E-state index in [0.717, 1.165) is 111 Å². The summed E-state index contributed by atoms with van der Waals surface area (Å²) >= 11 is 0. The minimum atomic E-state index is 0.657. The number of benzene rings is 8. The van der Waals surface area contributed by atoms with Crippen LogP contribution in [0.25, 0.3) is 122 Å². The van der Waals surface area contributed by atoms with Gasteiger partial charge in [0.25, 0.3) is 0 Å². The van der Waals surface area contributed by atoms with Crippen LogP contribution in [0.15, 0.2) is 209 Å². The number of nitrogens with zero attached hydrogens (tertiary/aromatic N) is 3. The zero-order chi connectivity index (χ0) is 39.6. The second kappa shape index (κ2) is 13.8. The first-order valence-corrected chi connectivity index (χ1v) is 20.0. The Labute approximate surface area is 344 Å². The highest BCUT2D eigenvalue weighted by molar-refractivity contribution is 6.08. The standard InChI is InChI=1S/C55H33N3O2/c1-2-10-35-26-40(19-18-34(35)9-1)55-57-49(39-12-7-11-36(25-39)41-13-8-24-56-33-41)32-50(58-55)44-28-42(37-20-22-53-47(30-37)45-14-3-5-16-51(45)59-53)27-43(29-44)38-21-23-54-48(31-38)46-15-4-6-17-52(46)60-54/h1-33H. The Bertz CT molecular complexity index is 3490. The van der Waals surface area contributed by atoms with Crippen molar-refractivity contribution in [2.24, 2.45) is 0 Å². The van der Waals surface area contributed by atoms with Crippen molar-refractivity contribution in [3.05, 3.63) is 200 Å². The lowest BCUT2D eigenvalue weighted by Gasteiger charge is -2.14. The van der Waals surface area contributed by atoms with E-state index in [9.17, 15) is 0 Å². The van der Waals surface area contributed by atoms with Crippen molar-refractivity contribution in [2.75, 3.05) is 0 Å². The molecule has 8 aromatic carbocycles. The van der Waals surface area contributed by atoms with Crippen LogP contribution in [0.5, 0.6) is 0 Å². The van der Waals surface area contributed by atoms with Crippen molar-refractivity contribution in [1.82, 2.24) is 15.0 Å². The number of para-hydroxylation sites is 2. The van der Waals surface area contributed by atoms with Crippen molar-refractivity contribution in [3.8, 4) is 67.3 Å². The van der Waals surface area contributed by atoms with Gasteiger partial charge in [-0.25, -0.2) is 9.97 Å². The molecule has 0 aliphatic heterocycles. The molecule has 0 spiro atoms. The second-order valence-corrected chi connectivity index (χ2v) is 15.3. The smallest absolute Gasteiger partial charge is 0.160 e. The van der Waals surface area contributed by atoms with Gasteiger partial charge in [-0.3, -0.25) is 4.98 Å². The fourth-order valence-corrected chi connectivity index (χ4v) is 8.51. The molecule has 0 aliphatic carbocycles. The number of pyridine rings is 1. The Balaban J connectivity index is 1.09. The minimum Gasteiger partial charge on any atom is -0.456 e. The third-order valence-corrected chi connectivity index (χ3v) is 11.5. The summed E-state index contributed by atoms with van der Waals surface area (Å²) in [5.74, 6) is 0.657. The third-order valence-electron chi connectivity index (χ3n) is 11.5. The lowest BCUT2D eigenvalue weighted by atomic mass is 9.93. The van der Waals surface area contributed by atoms with Crippen molar-refractivity contribution < 1.29 is 8.83 Å². The lowest BCUT2D eigenvalue weighted by Crippen LogP contribution is -1.97. The largest absolute Gasteiger partial charge is 0.456 e. The van der Waals surface area contributed by atoms with Crippen LogP contribution in [-0.2, 0) is 0 Å².